The number of nitrogens with one attached hydrogen (secondary N) is 10. The molecule has 440 valence electrons. The van der Waals surface area contributed by atoms with Crippen LogP contribution in [0.15, 0.2) is 24.3 Å². The van der Waals surface area contributed by atoms with Crippen LogP contribution in [0.25, 0.3) is 0 Å². The van der Waals surface area contributed by atoms with Gasteiger partial charge in [-0.2, -0.15) is 0 Å². The molecule has 1 aliphatic rings. The number of hydrogen-bond donors (Lipinski definition) is 17. The van der Waals surface area contributed by atoms with Crippen molar-refractivity contribution >= 4 is 81.2 Å². The molecule has 1 fully saturated rings. The Morgan fingerprint density at radius 1 is 0.705 bits per heavy atom. The van der Waals surface area contributed by atoms with Gasteiger partial charge in [-0.1, -0.05) is 46.6 Å². The molecule has 0 spiro atoms. The van der Waals surface area contributed by atoms with E-state index in [0.29, 0.717) is 77.5 Å². The molecule has 18 N–H and O–H groups in total. The summed E-state index contributed by atoms with van der Waals surface area (Å²) >= 11 is 0. The molecule has 1 aliphatic heterocycles. The maximum atomic E-state index is 13.8. The van der Waals surface area contributed by atoms with Crippen molar-refractivity contribution in [1.29, 1.82) is 0 Å². The number of phenolic OH excluding ortho intramolecular Hbond substituents is 1. The number of aldehydes is 1. The predicted molar refractivity (Wildman–Crippen MR) is 289 cm³/mol. The number of nitrogens with zero attached hydrogens (tertiary/aromatic N) is 1. The Balaban J connectivity index is 2.03. The summed E-state index contributed by atoms with van der Waals surface area (Å²) in [4.78, 5) is 128. The lowest BCUT2D eigenvalue weighted by Gasteiger charge is -2.42. The number of rotatable bonds is 40. The molecule has 4 unspecified atom stereocenters. The standard InChI is InChI=1S/C48H80N12O16S2/c1-29(62)41(58-44(72)34(9-5-7-15-49)56-38(66)21-54-43(71)35(50-3)19-31-10-12-33(64)13-11-31)46(74)57-36(45(73)59-42(30(2)63)47(75)76)26-78-77-25-32(24-61)55-37(65)20-51-16-8-4-6-14-48(27-52-17-18-53-28-48)60(22-39(67)68)23-40(69)70/h10-13,24,29-30,32,34-36,41-42,50-53,62-64H,4-9,14-23,25-28,49H2,1-3H3,(H,54,71)(H,55,65)(H,56,66)(H,57,74)(H,58,72)(H,59,73)(H,67,68)(H,69,70)(H,75,76)/t29?,30?,32-,34+,35+,36+,41?,42?/m1/s1. The zero-order valence-corrected chi connectivity index (χ0v) is 45.9. The number of nitrogens with two attached hydrogens (primary N) is 1. The number of aromatic hydroxyl groups is 1. The van der Waals surface area contributed by atoms with Crippen LogP contribution in [0, 0.1) is 0 Å². The molecule has 1 saturated heterocycles. The van der Waals surface area contributed by atoms with Crippen LogP contribution in [0.3, 0.4) is 0 Å². The van der Waals surface area contributed by atoms with Crippen molar-refractivity contribution in [2.24, 2.45) is 5.73 Å². The Morgan fingerprint density at radius 3 is 1.86 bits per heavy atom. The Morgan fingerprint density at radius 2 is 1.29 bits per heavy atom. The molecule has 1 aromatic rings. The van der Waals surface area contributed by atoms with Crippen molar-refractivity contribution in [2.75, 3.05) is 84.0 Å². The number of amides is 6. The van der Waals surface area contributed by atoms with Gasteiger partial charge in [0.15, 0.2) is 6.04 Å². The molecule has 8 atom stereocenters. The van der Waals surface area contributed by atoms with Gasteiger partial charge in [0, 0.05) is 43.2 Å². The third-order valence-corrected chi connectivity index (χ3v) is 14.8. The van der Waals surface area contributed by atoms with E-state index in [1.165, 1.54) is 24.0 Å². The van der Waals surface area contributed by atoms with Gasteiger partial charge in [0.25, 0.3) is 0 Å². The number of carboxylic acid groups (broad SMARTS) is 3. The van der Waals surface area contributed by atoms with Crippen molar-refractivity contribution in [3.05, 3.63) is 29.8 Å². The normalized spacial score (nSPS) is 16.3. The van der Waals surface area contributed by atoms with E-state index in [9.17, 15) is 78.6 Å². The highest BCUT2D eigenvalue weighted by Crippen LogP contribution is 2.25. The number of carboxylic acids is 3. The Bertz CT molecular complexity index is 2070. The maximum Gasteiger partial charge on any atom is 0.328 e. The summed E-state index contributed by atoms with van der Waals surface area (Å²) < 4.78 is 0. The number of likely N-dealkylation sites (N-methyl/N-ethyl adjacent to an activating group) is 1. The van der Waals surface area contributed by atoms with Crippen LogP contribution in [-0.4, -0.2) is 233 Å². The molecule has 1 heterocycles. The topological polar surface area (TPSA) is 442 Å². The fourth-order valence-electron chi connectivity index (χ4n) is 8.09. The van der Waals surface area contributed by atoms with Crippen LogP contribution in [0.5, 0.6) is 5.75 Å². The molecule has 0 aromatic heterocycles. The Hall–Kier alpha value is -5.70. The smallest absolute Gasteiger partial charge is 0.328 e. The molecular formula is C48H80N12O16S2. The highest BCUT2D eigenvalue weighted by molar-refractivity contribution is 8.76. The zero-order valence-electron chi connectivity index (χ0n) is 44.3. The van der Waals surface area contributed by atoms with Gasteiger partial charge in [0.1, 0.15) is 30.2 Å². The number of phenols is 1. The first-order chi connectivity index (χ1) is 37.0. The van der Waals surface area contributed by atoms with Gasteiger partial charge >= 0.3 is 17.9 Å². The molecule has 30 heteroatoms. The molecule has 78 heavy (non-hydrogen) atoms. The van der Waals surface area contributed by atoms with E-state index in [1.807, 2.05) is 0 Å². The van der Waals surface area contributed by atoms with Crippen LogP contribution in [0.4, 0.5) is 0 Å². The predicted octanol–water partition coefficient (Wildman–Crippen LogP) is -4.83. The average Bonchev–Trinajstić information content (AvgIpc) is 3.64. The molecular weight excluding hydrogens is 1060 g/mol. The van der Waals surface area contributed by atoms with Crippen LogP contribution in [0.1, 0.15) is 64.4 Å². The van der Waals surface area contributed by atoms with Crippen molar-refractivity contribution in [1.82, 2.24) is 58.1 Å². The van der Waals surface area contributed by atoms with Crippen molar-refractivity contribution < 1.29 is 78.6 Å². The first kappa shape index (κ1) is 68.4. The van der Waals surface area contributed by atoms with Gasteiger partial charge in [0.2, 0.25) is 35.4 Å². The molecule has 2 rings (SSSR count). The minimum atomic E-state index is -1.81. The minimum absolute atomic E-state index is 0.0248. The lowest BCUT2D eigenvalue weighted by Crippen LogP contribution is -2.61. The van der Waals surface area contributed by atoms with Crippen molar-refractivity contribution in [2.45, 2.75) is 119 Å². The van der Waals surface area contributed by atoms with E-state index in [4.69, 9.17) is 5.73 Å². The van der Waals surface area contributed by atoms with Crippen molar-refractivity contribution in [3.8, 4) is 5.75 Å². The van der Waals surface area contributed by atoms with E-state index in [-0.39, 0.29) is 43.2 Å². The van der Waals surface area contributed by atoms with Gasteiger partial charge in [-0.05, 0) is 90.2 Å². The summed E-state index contributed by atoms with van der Waals surface area (Å²) in [6.07, 6.45) is 0.843. The number of aliphatic carboxylic acids is 3. The first-order valence-electron chi connectivity index (χ1n) is 25.6. The quantitative estimate of drug-likeness (QED) is 0.0166. The molecule has 0 bridgehead atoms. The van der Waals surface area contributed by atoms with Crippen LogP contribution in [-0.2, 0) is 54.4 Å². The number of carbonyl (C=O) groups is 10. The Labute approximate surface area is 460 Å². The fourth-order valence-corrected chi connectivity index (χ4v) is 10.4. The molecule has 0 radical (unpaired) electrons. The van der Waals surface area contributed by atoms with Crippen LogP contribution in [0.2, 0.25) is 0 Å². The molecule has 6 amide bonds. The largest absolute Gasteiger partial charge is 0.508 e. The summed E-state index contributed by atoms with van der Waals surface area (Å²) in [5.74, 6) is -9.02. The summed E-state index contributed by atoms with van der Waals surface area (Å²) in [5.41, 5.74) is 5.63. The monoisotopic (exact) mass is 1140 g/mol. The summed E-state index contributed by atoms with van der Waals surface area (Å²) in [6.45, 7) is 3.51. The third-order valence-electron chi connectivity index (χ3n) is 12.4. The number of aliphatic hydroxyl groups is 2. The van der Waals surface area contributed by atoms with Crippen LogP contribution >= 0.6 is 21.6 Å². The highest BCUT2D eigenvalue weighted by atomic mass is 33.1. The molecule has 1 aromatic carbocycles. The second kappa shape index (κ2) is 37.2. The lowest BCUT2D eigenvalue weighted by atomic mass is 9.89. The van der Waals surface area contributed by atoms with Gasteiger partial charge < -0.3 is 94.3 Å². The lowest BCUT2D eigenvalue weighted by molar-refractivity contribution is -0.146. The van der Waals surface area contributed by atoms with Crippen LogP contribution < -0.4 is 58.9 Å². The van der Waals surface area contributed by atoms with E-state index in [0.717, 1.165) is 34.1 Å². The van der Waals surface area contributed by atoms with Gasteiger partial charge in [-0.25, -0.2) is 4.79 Å². The van der Waals surface area contributed by atoms with E-state index >= 15 is 0 Å². The summed E-state index contributed by atoms with van der Waals surface area (Å²) in [5, 5.41) is 85.9. The maximum absolute atomic E-state index is 13.8. The van der Waals surface area contributed by atoms with E-state index in [2.05, 4.69) is 53.2 Å². The summed E-state index contributed by atoms with van der Waals surface area (Å²) in [7, 11) is 3.51. The van der Waals surface area contributed by atoms with Gasteiger partial charge in [-0.3, -0.25) is 43.3 Å². The first-order valence-corrected chi connectivity index (χ1v) is 28.1. The molecule has 0 saturated carbocycles. The third kappa shape index (κ3) is 26.3. The van der Waals surface area contributed by atoms with Gasteiger partial charge in [0.05, 0.1) is 50.5 Å². The van der Waals surface area contributed by atoms with Crippen molar-refractivity contribution in [3.63, 3.8) is 0 Å². The van der Waals surface area contributed by atoms with E-state index < -0.39 is 127 Å². The average molecular weight is 1150 g/mol. The zero-order chi connectivity index (χ0) is 58.2. The second-order valence-corrected chi connectivity index (χ2v) is 21.3. The summed E-state index contributed by atoms with van der Waals surface area (Å²) in [6, 6.07) is -1.97. The number of hydrogen-bond acceptors (Lipinski definition) is 21. The number of carbonyl (C=O) groups excluding carboxylic acids is 7. The second-order valence-electron chi connectivity index (χ2n) is 18.8. The fraction of sp³-hybridized carbons (Fsp3) is 0.667. The molecule has 0 aliphatic carbocycles. The SMILES string of the molecule is CN[C@@H](Cc1ccc(O)cc1)C(=O)NCC(=O)N[C@@H](CCCCN)C(=O)NC(C(=O)N[C@@H](CSSC[C@@H](C=O)NC(=O)CNCCCCCC1(N(CC(=O)O)CC(=O)O)CNCCNC1)C(=O)NC(C(=O)O)C(C)O)C(C)O. The van der Waals surface area contributed by atoms with Gasteiger partial charge in [-0.15, -0.1) is 0 Å². The number of aliphatic hydroxyl groups excluding tert-OH is 2. The minimum Gasteiger partial charge on any atom is -0.508 e. The molecule has 28 nitrogen and oxygen atoms in total. The number of unbranched alkanes of at least 4 members (excludes halogenated alkanes) is 3. The van der Waals surface area contributed by atoms with E-state index in [1.54, 1.807) is 19.2 Å². The Kier molecular flexibility index (Phi) is 32.6. The highest BCUT2D eigenvalue weighted by Gasteiger charge is 2.39. The number of benzene rings is 1.